The molecule has 3 nitrogen and oxygen atoms in total. The van der Waals surface area contributed by atoms with Crippen LogP contribution in [0.5, 0.6) is 0 Å². The van der Waals surface area contributed by atoms with E-state index in [1.165, 1.54) is 12.1 Å². The Bertz CT molecular complexity index is 460. The highest BCUT2D eigenvalue weighted by Gasteiger charge is 2.16. The van der Waals surface area contributed by atoms with Gasteiger partial charge in [-0.05, 0) is 36.1 Å². The second kappa shape index (κ2) is 5.14. The van der Waals surface area contributed by atoms with Crippen LogP contribution in [-0.4, -0.2) is 15.0 Å². The standard InChI is InChI=1S/C12H18FNO2S/c1-12(2,3)8-9-14-17(15,16)11-6-4-10(13)5-7-11/h4-7,14H,8-9H2,1-3H3. The molecule has 0 heterocycles. The minimum atomic E-state index is -3.52. The topological polar surface area (TPSA) is 46.2 Å². The van der Waals surface area contributed by atoms with Crippen LogP contribution in [0.1, 0.15) is 27.2 Å². The van der Waals surface area contributed by atoms with Crippen LogP contribution in [0.4, 0.5) is 4.39 Å². The molecule has 0 aromatic heterocycles. The van der Waals surface area contributed by atoms with Gasteiger partial charge in [0.25, 0.3) is 0 Å². The van der Waals surface area contributed by atoms with Gasteiger partial charge >= 0.3 is 0 Å². The number of nitrogens with one attached hydrogen (secondary N) is 1. The summed E-state index contributed by atoms with van der Waals surface area (Å²) in [6.45, 7) is 6.50. The van der Waals surface area contributed by atoms with Gasteiger partial charge in [-0.3, -0.25) is 0 Å². The van der Waals surface area contributed by atoms with Crippen LogP contribution < -0.4 is 4.72 Å². The second-order valence-corrected chi connectivity index (χ2v) is 6.93. The highest BCUT2D eigenvalue weighted by Crippen LogP contribution is 2.18. The zero-order valence-electron chi connectivity index (χ0n) is 10.3. The Balaban J connectivity index is 2.66. The molecule has 0 saturated carbocycles. The van der Waals surface area contributed by atoms with E-state index in [2.05, 4.69) is 4.72 Å². The minimum absolute atomic E-state index is 0.0747. The molecule has 17 heavy (non-hydrogen) atoms. The maximum atomic E-state index is 12.7. The highest BCUT2D eigenvalue weighted by molar-refractivity contribution is 7.89. The molecule has 0 amide bonds. The number of sulfonamides is 1. The van der Waals surface area contributed by atoms with Gasteiger partial charge in [0.2, 0.25) is 10.0 Å². The molecule has 0 aliphatic heterocycles. The largest absolute Gasteiger partial charge is 0.240 e. The average Bonchev–Trinajstić information content (AvgIpc) is 2.15. The van der Waals surface area contributed by atoms with Crippen molar-refractivity contribution in [1.29, 1.82) is 0 Å². The molecule has 5 heteroatoms. The molecule has 0 atom stereocenters. The molecule has 0 aliphatic carbocycles. The predicted octanol–water partition coefficient (Wildman–Crippen LogP) is 2.54. The number of halogens is 1. The van der Waals surface area contributed by atoms with Crippen molar-refractivity contribution in [3.05, 3.63) is 30.1 Å². The molecule has 1 aromatic carbocycles. The molecular formula is C12H18FNO2S. The smallest absolute Gasteiger partial charge is 0.211 e. The van der Waals surface area contributed by atoms with Crippen LogP contribution in [-0.2, 0) is 10.0 Å². The fraction of sp³-hybridized carbons (Fsp3) is 0.500. The van der Waals surface area contributed by atoms with Crippen LogP contribution >= 0.6 is 0 Å². The average molecular weight is 259 g/mol. The lowest BCUT2D eigenvalue weighted by Crippen LogP contribution is -2.27. The zero-order valence-corrected chi connectivity index (χ0v) is 11.1. The van der Waals surface area contributed by atoms with Crippen molar-refractivity contribution in [1.82, 2.24) is 4.72 Å². The van der Waals surface area contributed by atoms with E-state index in [0.29, 0.717) is 6.54 Å². The van der Waals surface area contributed by atoms with Gasteiger partial charge < -0.3 is 0 Å². The van der Waals surface area contributed by atoms with Crippen LogP contribution in [0.3, 0.4) is 0 Å². The molecule has 0 bridgehead atoms. The second-order valence-electron chi connectivity index (χ2n) is 5.16. The maximum Gasteiger partial charge on any atom is 0.240 e. The highest BCUT2D eigenvalue weighted by atomic mass is 32.2. The summed E-state index contributed by atoms with van der Waals surface area (Å²) in [5.41, 5.74) is 0.0747. The zero-order chi connectivity index (χ0) is 13.1. The van der Waals surface area contributed by atoms with Gasteiger partial charge in [-0.1, -0.05) is 20.8 Å². The third kappa shape index (κ3) is 4.83. The first-order chi connectivity index (χ1) is 7.71. The Hall–Kier alpha value is -0.940. The van der Waals surface area contributed by atoms with Gasteiger partial charge in [0.15, 0.2) is 0 Å². The Labute approximate surface area is 102 Å². The Morgan fingerprint density at radius 1 is 1.18 bits per heavy atom. The van der Waals surface area contributed by atoms with Gasteiger partial charge in [-0.2, -0.15) is 0 Å². The fourth-order valence-corrected chi connectivity index (χ4v) is 2.29. The summed E-state index contributed by atoms with van der Waals surface area (Å²) in [6.07, 6.45) is 0.743. The number of hydrogen-bond acceptors (Lipinski definition) is 2. The van der Waals surface area contributed by atoms with E-state index >= 15 is 0 Å². The van der Waals surface area contributed by atoms with Crippen molar-refractivity contribution >= 4 is 10.0 Å². The van der Waals surface area contributed by atoms with Crippen LogP contribution in [0.25, 0.3) is 0 Å². The van der Waals surface area contributed by atoms with Gasteiger partial charge in [-0.25, -0.2) is 17.5 Å². The maximum absolute atomic E-state index is 12.7. The minimum Gasteiger partial charge on any atom is -0.211 e. The van der Waals surface area contributed by atoms with Gasteiger partial charge in [0.05, 0.1) is 4.90 Å². The van der Waals surface area contributed by atoms with Crippen LogP contribution in [0, 0.1) is 11.2 Å². The Kier molecular flexibility index (Phi) is 4.27. The summed E-state index contributed by atoms with van der Waals surface area (Å²) in [5.74, 6) is -0.446. The van der Waals surface area contributed by atoms with E-state index in [1.54, 1.807) is 0 Å². The first-order valence-electron chi connectivity index (χ1n) is 5.46. The quantitative estimate of drug-likeness (QED) is 0.903. The lowest BCUT2D eigenvalue weighted by molar-refractivity contribution is 0.378. The van der Waals surface area contributed by atoms with Crippen molar-refractivity contribution < 1.29 is 12.8 Å². The lowest BCUT2D eigenvalue weighted by atomic mass is 9.93. The molecule has 0 fully saturated rings. The normalized spacial score (nSPS) is 12.7. The fourth-order valence-electron chi connectivity index (χ4n) is 1.26. The van der Waals surface area contributed by atoms with Crippen LogP contribution in [0.15, 0.2) is 29.2 Å². The summed E-state index contributed by atoms with van der Waals surface area (Å²) in [5, 5.41) is 0. The van der Waals surface area contributed by atoms with E-state index in [0.717, 1.165) is 18.6 Å². The summed E-state index contributed by atoms with van der Waals surface area (Å²) in [7, 11) is -3.52. The van der Waals surface area contributed by atoms with E-state index < -0.39 is 15.8 Å². The molecule has 1 aromatic rings. The number of benzene rings is 1. The number of hydrogen-bond donors (Lipinski definition) is 1. The van der Waals surface area contributed by atoms with Gasteiger partial charge in [0, 0.05) is 6.54 Å². The Morgan fingerprint density at radius 3 is 2.18 bits per heavy atom. The Morgan fingerprint density at radius 2 is 1.71 bits per heavy atom. The van der Waals surface area contributed by atoms with Gasteiger partial charge in [-0.15, -0.1) is 0 Å². The molecule has 0 spiro atoms. The summed E-state index contributed by atoms with van der Waals surface area (Å²) in [4.78, 5) is 0.0906. The van der Waals surface area contributed by atoms with E-state index in [4.69, 9.17) is 0 Å². The van der Waals surface area contributed by atoms with Crippen molar-refractivity contribution in [2.45, 2.75) is 32.1 Å². The molecule has 0 radical (unpaired) electrons. The van der Waals surface area contributed by atoms with E-state index in [1.807, 2.05) is 20.8 Å². The molecule has 1 N–H and O–H groups in total. The molecule has 0 unspecified atom stereocenters. The predicted molar refractivity (Wildman–Crippen MR) is 65.7 cm³/mol. The number of rotatable bonds is 4. The third-order valence-electron chi connectivity index (χ3n) is 2.29. The molecule has 0 aliphatic rings. The lowest BCUT2D eigenvalue weighted by Gasteiger charge is -2.18. The van der Waals surface area contributed by atoms with Crippen molar-refractivity contribution in [2.24, 2.45) is 5.41 Å². The SMILES string of the molecule is CC(C)(C)CCNS(=O)(=O)c1ccc(F)cc1. The molecule has 1 rings (SSSR count). The first-order valence-corrected chi connectivity index (χ1v) is 6.94. The van der Waals surface area contributed by atoms with Crippen molar-refractivity contribution in [3.63, 3.8) is 0 Å². The monoisotopic (exact) mass is 259 g/mol. The first kappa shape index (κ1) is 14.1. The van der Waals surface area contributed by atoms with Gasteiger partial charge in [0.1, 0.15) is 5.82 Å². The summed E-state index contributed by atoms with van der Waals surface area (Å²) in [6, 6.07) is 4.79. The molecular weight excluding hydrogens is 241 g/mol. The van der Waals surface area contributed by atoms with Crippen molar-refractivity contribution in [2.75, 3.05) is 6.54 Å². The van der Waals surface area contributed by atoms with E-state index in [9.17, 15) is 12.8 Å². The third-order valence-corrected chi connectivity index (χ3v) is 3.77. The van der Waals surface area contributed by atoms with E-state index in [-0.39, 0.29) is 10.3 Å². The summed E-state index contributed by atoms with van der Waals surface area (Å²) < 4.78 is 38.8. The van der Waals surface area contributed by atoms with Crippen LogP contribution in [0.2, 0.25) is 0 Å². The van der Waals surface area contributed by atoms with Crippen molar-refractivity contribution in [3.8, 4) is 0 Å². The molecule has 96 valence electrons. The molecule has 0 saturated heterocycles. The summed E-state index contributed by atoms with van der Waals surface area (Å²) >= 11 is 0.